The summed E-state index contributed by atoms with van der Waals surface area (Å²) in [6.07, 6.45) is 2.92. The van der Waals surface area contributed by atoms with Crippen molar-refractivity contribution in [2.24, 2.45) is 5.92 Å². The van der Waals surface area contributed by atoms with Gasteiger partial charge in [-0.15, -0.1) is 0 Å². The maximum absolute atomic E-state index is 11.6. The lowest BCUT2D eigenvalue weighted by atomic mass is 9.82. The molecule has 1 aliphatic carbocycles. The number of carbonyl (C=O) groups is 1. The molecular weight excluding hydrogens is 194 g/mol. The Bertz CT molecular complexity index is 352. The van der Waals surface area contributed by atoms with E-state index in [0.29, 0.717) is 18.2 Å². The summed E-state index contributed by atoms with van der Waals surface area (Å²) in [5.74, 6) is 0.632. The van der Waals surface area contributed by atoms with Gasteiger partial charge in [-0.1, -0.05) is 0 Å². The molecule has 0 radical (unpaired) electrons. The quantitative estimate of drug-likeness (QED) is 0.783. The molecule has 0 aliphatic heterocycles. The van der Waals surface area contributed by atoms with Crippen LogP contribution in [0.15, 0.2) is 16.7 Å². The standard InChI is InChI=1S/C11H15NO3/c1-7-2-3-15-10(7)11(14)12-6-8-4-9(13)5-8/h2-3,8-9,13H,4-6H2,1H3,(H,12,14). The zero-order chi connectivity index (χ0) is 10.8. The number of furan rings is 1. The summed E-state index contributed by atoms with van der Waals surface area (Å²) in [7, 11) is 0. The van der Waals surface area contributed by atoms with E-state index in [1.165, 1.54) is 6.26 Å². The molecule has 1 aliphatic rings. The average molecular weight is 209 g/mol. The second-order valence-electron chi connectivity index (χ2n) is 4.13. The Balaban J connectivity index is 1.80. The first kappa shape index (κ1) is 10.2. The average Bonchev–Trinajstić information content (AvgIpc) is 2.57. The van der Waals surface area contributed by atoms with E-state index in [1.807, 2.05) is 6.92 Å². The van der Waals surface area contributed by atoms with Gasteiger partial charge in [0.15, 0.2) is 5.76 Å². The maximum Gasteiger partial charge on any atom is 0.287 e. The lowest BCUT2D eigenvalue weighted by molar-refractivity contribution is 0.0417. The van der Waals surface area contributed by atoms with Gasteiger partial charge >= 0.3 is 0 Å². The number of nitrogens with one attached hydrogen (secondary N) is 1. The van der Waals surface area contributed by atoms with Crippen LogP contribution in [0.3, 0.4) is 0 Å². The highest BCUT2D eigenvalue weighted by Gasteiger charge is 2.27. The van der Waals surface area contributed by atoms with Crippen molar-refractivity contribution in [3.8, 4) is 0 Å². The molecule has 1 fully saturated rings. The topological polar surface area (TPSA) is 62.5 Å². The number of rotatable bonds is 3. The number of hydrogen-bond donors (Lipinski definition) is 2. The van der Waals surface area contributed by atoms with E-state index < -0.39 is 0 Å². The van der Waals surface area contributed by atoms with Gasteiger partial charge in [-0.25, -0.2) is 0 Å². The number of aliphatic hydroxyl groups excluding tert-OH is 1. The zero-order valence-electron chi connectivity index (χ0n) is 8.69. The van der Waals surface area contributed by atoms with Gasteiger partial charge in [0.2, 0.25) is 0 Å². The molecule has 0 saturated heterocycles. The van der Waals surface area contributed by atoms with E-state index in [4.69, 9.17) is 9.52 Å². The Hall–Kier alpha value is -1.29. The van der Waals surface area contributed by atoms with Gasteiger partial charge in [-0.3, -0.25) is 4.79 Å². The molecule has 2 N–H and O–H groups in total. The normalized spacial score (nSPS) is 24.7. The molecule has 4 heteroatoms. The van der Waals surface area contributed by atoms with E-state index in [1.54, 1.807) is 6.07 Å². The third kappa shape index (κ3) is 2.21. The summed E-state index contributed by atoms with van der Waals surface area (Å²) < 4.78 is 5.07. The molecular formula is C11H15NO3. The van der Waals surface area contributed by atoms with Crippen LogP contribution in [0.4, 0.5) is 0 Å². The van der Waals surface area contributed by atoms with E-state index in [-0.39, 0.29) is 12.0 Å². The molecule has 2 rings (SSSR count). The third-order valence-corrected chi connectivity index (χ3v) is 2.83. The van der Waals surface area contributed by atoms with Gasteiger partial charge in [-0.2, -0.15) is 0 Å². The van der Waals surface area contributed by atoms with Gasteiger partial charge in [0.25, 0.3) is 5.91 Å². The Labute approximate surface area is 88.3 Å². The minimum absolute atomic E-state index is 0.168. The third-order valence-electron chi connectivity index (χ3n) is 2.83. The van der Waals surface area contributed by atoms with Crippen molar-refractivity contribution in [2.75, 3.05) is 6.54 Å². The van der Waals surface area contributed by atoms with Crippen molar-refractivity contribution in [3.05, 3.63) is 23.7 Å². The second kappa shape index (κ2) is 4.06. The van der Waals surface area contributed by atoms with Gasteiger partial charge in [0.05, 0.1) is 12.4 Å². The monoisotopic (exact) mass is 209 g/mol. The summed E-state index contributed by atoms with van der Waals surface area (Å²) in [6, 6.07) is 1.77. The van der Waals surface area contributed by atoms with E-state index in [0.717, 1.165) is 18.4 Å². The van der Waals surface area contributed by atoms with Crippen molar-refractivity contribution in [2.45, 2.75) is 25.9 Å². The van der Waals surface area contributed by atoms with Crippen molar-refractivity contribution in [3.63, 3.8) is 0 Å². The summed E-state index contributed by atoms with van der Waals surface area (Å²) in [4.78, 5) is 11.6. The summed E-state index contributed by atoms with van der Waals surface area (Å²) in [5.41, 5.74) is 0.848. The SMILES string of the molecule is Cc1ccoc1C(=O)NCC1CC(O)C1. The first-order valence-electron chi connectivity index (χ1n) is 5.17. The summed E-state index contributed by atoms with van der Waals surface area (Å²) >= 11 is 0. The van der Waals surface area contributed by atoms with Crippen LogP contribution in [0.5, 0.6) is 0 Å². The second-order valence-corrected chi connectivity index (χ2v) is 4.13. The van der Waals surface area contributed by atoms with Crippen molar-refractivity contribution >= 4 is 5.91 Å². The van der Waals surface area contributed by atoms with Crippen LogP contribution in [0.1, 0.15) is 29.0 Å². The molecule has 0 bridgehead atoms. The van der Waals surface area contributed by atoms with Gasteiger partial charge in [0.1, 0.15) is 0 Å². The summed E-state index contributed by atoms with van der Waals surface area (Å²) in [5, 5.41) is 11.9. The van der Waals surface area contributed by atoms with Crippen molar-refractivity contribution in [1.82, 2.24) is 5.32 Å². The van der Waals surface area contributed by atoms with Crippen molar-refractivity contribution in [1.29, 1.82) is 0 Å². The highest BCUT2D eigenvalue weighted by molar-refractivity contribution is 5.92. The molecule has 0 atom stereocenters. The van der Waals surface area contributed by atoms with Gasteiger partial charge in [-0.05, 0) is 31.7 Å². The number of aryl methyl sites for hydroxylation is 1. The molecule has 1 aromatic rings. The number of carbonyl (C=O) groups excluding carboxylic acids is 1. The molecule has 1 heterocycles. The van der Waals surface area contributed by atoms with Crippen LogP contribution in [0, 0.1) is 12.8 Å². The predicted octanol–water partition coefficient (Wildman–Crippen LogP) is 1.09. The molecule has 1 amide bonds. The van der Waals surface area contributed by atoms with E-state index in [2.05, 4.69) is 5.32 Å². The highest BCUT2D eigenvalue weighted by Crippen LogP contribution is 2.26. The number of aliphatic hydroxyl groups is 1. The minimum Gasteiger partial charge on any atom is -0.459 e. The minimum atomic E-state index is -0.169. The van der Waals surface area contributed by atoms with Crippen LogP contribution in [0.2, 0.25) is 0 Å². The smallest absolute Gasteiger partial charge is 0.287 e. The van der Waals surface area contributed by atoms with Gasteiger partial charge in [0, 0.05) is 12.1 Å². The first-order valence-corrected chi connectivity index (χ1v) is 5.17. The molecule has 15 heavy (non-hydrogen) atoms. The number of hydrogen-bond acceptors (Lipinski definition) is 3. The maximum atomic E-state index is 11.6. The van der Waals surface area contributed by atoms with E-state index in [9.17, 15) is 4.79 Å². The Kier molecular flexibility index (Phi) is 2.77. The largest absolute Gasteiger partial charge is 0.459 e. The highest BCUT2D eigenvalue weighted by atomic mass is 16.3. The van der Waals surface area contributed by atoms with Crippen LogP contribution >= 0.6 is 0 Å². The van der Waals surface area contributed by atoms with Crippen LogP contribution in [0.25, 0.3) is 0 Å². The van der Waals surface area contributed by atoms with Crippen LogP contribution < -0.4 is 5.32 Å². The predicted molar refractivity (Wildman–Crippen MR) is 54.5 cm³/mol. The van der Waals surface area contributed by atoms with E-state index >= 15 is 0 Å². The summed E-state index contributed by atoms with van der Waals surface area (Å²) in [6.45, 7) is 2.46. The Morgan fingerprint density at radius 2 is 2.40 bits per heavy atom. The molecule has 0 aromatic carbocycles. The Morgan fingerprint density at radius 3 is 2.93 bits per heavy atom. The fourth-order valence-corrected chi connectivity index (χ4v) is 1.79. The van der Waals surface area contributed by atoms with Crippen LogP contribution in [-0.4, -0.2) is 23.7 Å². The fraction of sp³-hybridized carbons (Fsp3) is 0.545. The lowest BCUT2D eigenvalue weighted by Gasteiger charge is -2.31. The lowest BCUT2D eigenvalue weighted by Crippen LogP contribution is -2.38. The molecule has 4 nitrogen and oxygen atoms in total. The first-order chi connectivity index (χ1) is 7.16. The molecule has 0 spiro atoms. The molecule has 1 aromatic heterocycles. The number of amides is 1. The molecule has 1 saturated carbocycles. The molecule has 82 valence electrons. The Morgan fingerprint density at radius 1 is 1.67 bits per heavy atom. The molecule has 0 unspecified atom stereocenters. The van der Waals surface area contributed by atoms with Gasteiger partial charge < -0.3 is 14.8 Å². The zero-order valence-corrected chi connectivity index (χ0v) is 8.69. The fourth-order valence-electron chi connectivity index (χ4n) is 1.79. The van der Waals surface area contributed by atoms with Crippen molar-refractivity contribution < 1.29 is 14.3 Å². The van der Waals surface area contributed by atoms with Crippen LogP contribution in [-0.2, 0) is 0 Å².